The summed E-state index contributed by atoms with van der Waals surface area (Å²) in [4.78, 5) is 10.3. The average Bonchev–Trinajstić information content (AvgIpc) is 2.52. The summed E-state index contributed by atoms with van der Waals surface area (Å²) >= 11 is 0. The number of hydrogen-bond donors (Lipinski definition) is 0. The Kier molecular flexibility index (Phi) is 25.8. The number of hydrogen-bond acceptors (Lipinski definition) is 3. The first-order chi connectivity index (χ1) is 9.85. The minimum atomic E-state index is -4.74. The van der Waals surface area contributed by atoms with E-state index < -0.39 is 11.8 Å². The van der Waals surface area contributed by atoms with E-state index in [0.717, 1.165) is 6.61 Å². The second-order valence-electron chi connectivity index (χ2n) is 3.04. The Morgan fingerprint density at radius 2 is 1.48 bits per heavy atom. The molecule has 0 N–H and O–H groups in total. The van der Waals surface area contributed by atoms with E-state index >= 15 is 0 Å². The van der Waals surface area contributed by atoms with Crippen LogP contribution in [0.5, 0.6) is 0 Å². The SMILES string of the molecule is C=CC(C=O)(OCCC)C(F)(F)F.CC.CC.CCOC. The minimum Gasteiger partial charge on any atom is -0.385 e. The van der Waals surface area contributed by atoms with Crippen molar-refractivity contribution in [3.63, 3.8) is 0 Å². The molecule has 21 heavy (non-hydrogen) atoms. The van der Waals surface area contributed by atoms with Crippen molar-refractivity contribution in [1.29, 1.82) is 0 Å². The summed E-state index contributed by atoms with van der Waals surface area (Å²) in [7, 11) is 1.68. The Morgan fingerprint density at radius 3 is 1.62 bits per heavy atom. The van der Waals surface area contributed by atoms with Gasteiger partial charge in [-0.1, -0.05) is 41.2 Å². The van der Waals surface area contributed by atoms with E-state index in [1.54, 1.807) is 14.0 Å². The number of methoxy groups -OCH3 is 1. The maximum atomic E-state index is 12.3. The molecule has 6 heteroatoms. The number of carbonyl (C=O) groups is 1. The lowest BCUT2D eigenvalue weighted by Crippen LogP contribution is -2.47. The monoisotopic (exact) mass is 316 g/mol. The molecule has 0 spiro atoms. The van der Waals surface area contributed by atoms with Gasteiger partial charge in [0.05, 0.1) is 0 Å². The summed E-state index contributed by atoms with van der Waals surface area (Å²) < 4.78 is 45.8. The van der Waals surface area contributed by atoms with Gasteiger partial charge in [-0.05, 0) is 19.4 Å². The van der Waals surface area contributed by atoms with Crippen molar-refractivity contribution >= 4 is 6.29 Å². The molecule has 3 nitrogen and oxygen atoms in total. The normalized spacial score (nSPS) is 12.1. The largest absolute Gasteiger partial charge is 0.428 e. The van der Waals surface area contributed by atoms with E-state index in [1.807, 2.05) is 34.6 Å². The van der Waals surface area contributed by atoms with Crippen LogP contribution >= 0.6 is 0 Å². The van der Waals surface area contributed by atoms with Gasteiger partial charge in [-0.3, -0.25) is 4.79 Å². The molecule has 0 heterocycles. The van der Waals surface area contributed by atoms with Crippen LogP contribution < -0.4 is 0 Å². The molecule has 0 amide bonds. The van der Waals surface area contributed by atoms with Crippen LogP contribution in [0.15, 0.2) is 12.7 Å². The van der Waals surface area contributed by atoms with Gasteiger partial charge < -0.3 is 9.47 Å². The van der Waals surface area contributed by atoms with Gasteiger partial charge in [0.15, 0.2) is 6.29 Å². The molecule has 1 atom stereocenters. The first-order valence-corrected chi connectivity index (χ1v) is 7.14. The highest BCUT2D eigenvalue weighted by Crippen LogP contribution is 2.33. The Bertz CT molecular complexity index is 207. The highest BCUT2D eigenvalue weighted by atomic mass is 19.4. The fourth-order valence-electron chi connectivity index (χ4n) is 0.676. The number of rotatable bonds is 6. The lowest BCUT2D eigenvalue weighted by atomic mass is 10.1. The molecule has 0 bridgehead atoms. The number of carbonyl (C=O) groups excluding carboxylic acids is 1. The second-order valence-corrected chi connectivity index (χ2v) is 3.04. The van der Waals surface area contributed by atoms with Crippen LogP contribution in [0.4, 0.5) is 13.2 Å². The maximum absolute atomic E-state index is 12.3. The van der Waals surface area contributed by atoms with E-state index in [9.17, 15) is 18.0 Å². The first kappa shape index (κ1) is 28.3. The number of halogens is 3. The molecule has 0 aliphatic carbocycles. The molecule has 0 aliphatic rings. The zero-order valence-electron chi connectivity index (χ0n) is 14.3. The van der Waals surface area contributed by atoms with Crippen LogP contribution in [-0.2, 0) is 14.3 Å². The predicted molar refractivity (Wildman–Crippen MR) is 81.5 cm³/mol. The third-order valence-corrected chi connectivity index (χ3v) is 1.76. The molecule has 0 rings (SSSR count). The van der Waals surface area contributed by atoms with Crippen LogP contribution in [0.25, 0.3) is 0 Å². The lowest BCUT2D eigenvalue weighted by molar-refractivity contribution is -0.242. The van der Waals surface area contributed by atoms with Crippen LogP contribution in [0.2, 0.25) is 0 Å². The summed E-state index contributed by atoms with van der Waals surface area (Å²) in [5, 5.41) is 0. The molecule has 0 aromatic carbocycles. The van der Waals surface area contributed by atoms with Gasteiger partial charge >= 0.3 is 6.18 Å². The van der Waals surface area contributed by atoms with E-state index in [-0.39, 0.29) is 12.9 Å². The van der Waals surface area contributed by atoms with Crippen molar-refractivity contribution in [1.82, 2.24) is 0 Å². The van der Waals surface area contributed by atoms with E-state index in [0.29, 0.717) is 12.5 Å². The lowest BCUT2D eigenvalue weighted by Gasteiger charge is -2.26. The fourth-order valence-corrected chi connectivity index (χ4v) is 0.676. The quantitative estimate of drug-likeness (QED) is 0.521. The second kappa shape index (κ2) is 19.1. The van der Waals surface area contributed by atoms with Crippen LogP contribution in [0.1, 0.15) is 48.0 Å². The molecule has 0 aromatic rings. The molecule has 0 aliphatic heterocycles. The van der Waals surface area contributed by atoms with Crippen molar-refractivity contribution in [2.75, 3.05) is 20.3 Å². The highest BCUT2D eigenvalue weighted by molar-refractivity contribution is 5.67. The van der Waals surface area contributed by atoms with E-state index in [2.05, 4.69) is 16.1 Å². The van der Waals surface area contributed by atoms with Gasteiger partial charge in [-0.2, -0.15) is 13.2 Å². The molecule has 0 radical (unpaired) electrons. The van der Waals surface area contributed by atoms with Crippen LogP contribution in [0.3, 0.4) is 0 Å². The van der Waals surface area contributed by atoms with E-state index in [1.165, 1.54) is 0 Å². The molecule has 1 unspecified atom stereocenters. The summed E-state index contributed by atoms with van der Waals surface area (Å²) in [6.45, 7) is 15.2. The molecule has 0 fully saturated rings. The van der Waals surface area contributed by atoms with Crippen molar-refractivity contribution in [3.8, 4) is 0 Å². The van der Waals surface area contributed by atoms with Gasteiger partial charge in [0.2, 0.25) is 5.60 Å². The van der Waals surface area contributed by atoms with Crippen molar-refractivity contribution in [2.45, 2.75) is 59.7 Å². The molecular formula is C15H31F3O3. The molecular weight excluding hydrogens is 285 g/mol. The first-order valence-electron chi connectivity index (χ1n) is 7.14. The Labute approximate surface area is 127 Å². The standard InChI is InChI=1S/C8H11F3O2.C3H8O.2C2H6/c1-3-5-13-7(4-2,6-12)8(9,10)11;1-3-4-2;2*1-2/h4,6H,2-3,5H2,1H3;3H2,1-2H3;2*1-2H3. The minimum absolute atomic E-state index is 0.135. The average molecular weight is 316 g/mol. The summed E-state index contributed by atoms with van der Waals surface area (Å²) in [5.41, 5.74) is -2.84. The van der Waals surface area contributed by atoms with Crippen molar-refractivity contribution < 1.29 is 27.4 Å². The fraction of sp³-hybridized carbons (Fsp3) is 0.800. The Morgan fingerprint density at radius 1 is 1.10 bits per heavy atom. The maximum Gasteiger partial charge on any atom is 0.428 e. The van der Waals surface area contributed by atoms with Crippen molar-refractivity contribution in [3.05, 3.63) is 12.7 Å². The summed E-state index contributed by atoms with van der Waals surface area (Å²) in [6, 6.07) is 0. The van der Waals surface area contributed by atoms with Gasteiger partial charge in [-0.25, -0.2) is 0 Å². The third-order valence-electron chi connectivity index (χ3n) is 1.76. The Balaban J connectivity index is -0.000000151. The molecule has 0 saturated heterocycles. The zero-order chi connectivity index (χ0) is 17.9. The number of aldehydes is 1. The van der Waals surface area contributed by atoms with Gasteiger partial charge in [-0.15, -0.1) is 0 Å². The number of alkyl halides is 3. The third kappa shape index (κ3) is 13.8. The molecule has 0 saturated carbocycles. The van der Waals surface area contributed by atoms with Crippen LogP contribution in [-0.4, -0.2) is 38.4 Å². The van der Waals surface area contributed by atoms with Crippen molar-refractivity contribution in [2.24, 2.45) is 0 Å². The smallest absolute Gasteiger partial charge is 0.385 e. The summed E-state index contributed by atoms with van der Waals surface area (Å²) in [5.74, 6) is 0. The molecule has 0 aromatic heterocycles. The summed E-state index contributed by atoms with van der Waals surface area (Å²) in [6.07, 6.45) is -4.16. The van der Waals surface area contributed by atoms with Crippen LogP contribution in [0, 0.1) is 0 Å². The zero-order valence-corrected chi connectivity index (χ0v) is 14.3. The highest BCUT2D eigenvalue weighted by Gasteiger charge is 2.54. The molecule has 130 valence electrons. The predicted octanol–water partition coefficient (Wildman–Crippen LogP) is 4.80. The topological polar surface area (TPSA) is 35.5 Å². The number of ether oxygens (including phenoxy) is 2. The van der Waals surface area contributed by atoms with Gasteiger partial charge in [0.25, 0.3) is 0 Å². The van der Waals surface area contributed by atoms with Gasteiger partial charge in [0.1, 0.15) is 0 Å². The van der Waals surface area contributed by atoms with Gasteiger partial charge in [0, 0.05) is 20.3 Å². The van der Waals surface area contributed by atoms with E-state index in [4.69, 9.17) is 0 Å². The Hall–Kier alpha value is -0.880.